The largest absolute Gasteiger partial charge is 0.322 e. The Labute approximate surface area is 153 Å². The van der Waals surface area contributed by atoms with Gasteiger partial charge in [0.05, 0.1) is 15.8 Å². The average Bonchev–Trinajstić information content (AvgIpc) is 2.96. The standard InChI is InChI=1S/C17H15ClN4O2S/c1-2-4-14(23)22-17-21-12-7-6-10(9-13(12)25-17)20-16(24)11-5-3-8-19-15(11)18/h3,5-9H,2,4H2,1H3,(H,20,24)(H,21,22,23). The van der Waals surface area contributed by atoms with E-state index in [9.17, 15) is 9.59 Å². The van der Waals surface area contributed by atoms with Gasteiger partial charge in [-0.3, -0.25) is 9.59 Å². The van der Waals surface area contributed by atoms with Gasteiger partial charge < -0.3 is 10.6 Å². The Balaban J connectivity index is 1.78. The maximum atomic E-state index is 12.3. The van der Waals surface area contributed by atoms with Crippen LogP contribution in [-0.2, 0) is 4.79 Å². The first-order valence-electron chi connectivity index (χ1n) is 7.69. The summed E-state index contributed by atoms with van der Waals surface area (Å²) in [5.41, 5.74) is 1.68. The molecule has 2 N–H and O–H groups in total. The van der Waals surface area contributed by atoms with Crippen molar-refractivity contribution in [3.63, 3.8) is 0 Å². The van der Waals surface area contributed by atoms with Crippen LogP contribution in [0.15, 0.2) is 36.5 Å². The number of halogens is 1. The molecular weight excluding hydrogens is 360 g/mol. The van der Waals surface area contributed by atoms with Gasteiger partial charge in [0, 0.05) is 18.3 Å². The van der Waals surface area contributed by atoms with E-state index in [0.29, 0.717) is 22.8 Å². The van der Waals surface area contributed by atoms with E-state index in [2.05, 4.69) is 20.6 Å². The van der Waals surface area contributed by atoms with Crippen LogP contribution in [0.4, 0.5) is 10.8 Å². The van der Waals surface area contributed by atoms with Crippen LogP contribution < -0.4 is 10.6 Å². The molecule has 8 heteroatoms. The summed E-state index contributed by atoms with van der Waals surface area (Å²) in [6.45, 7) is 1.95. The molecule has 0 radical (unpaired) electrons. The molecule has 1 aromatic carbocycles. The zero-order chi connectivity index (χ0) is 17.8. The number of fused-ring (bicyclic) bond motifs is 1. The van der Waals surface area contributed by atoms with E-state index in [4.69, 9.17) is 11.6 Å². The minimum absolute atomic E-state index is 0.0544. The highest BCUT2D eigenvalue weighted by molar-refractivity contribution is 7.22. The summed E-state index contributed by atoms with van der Waals surface area (Å²) in [5, 5.41) is 6.27. The molecule has 25 heavy (non-hydrogen) atoms. The van der Waals surface area contributed by atoms with Gasteiger partial charge in [-0.2, -0.15) is 0 Å². The van der Waals surface area contributed by atoms with Crippen molar-refractivity contribution in [1.29, 1.82) is 0 Å². The zero-order valence-electron chi connectivity index (χ0n) is 13.4. The van der Waals surface area contributed by atoms with Crippen LogP contribution in [0.2, 0.25) is 5.15 Å². The van der Waals surface area contributed by atoms with Gasteiger partial charge in [0.2, 0.25) is 5.91 Å². The third-order valence-corrected chi connectivity index (χ3v) is 4.61. The van der Waals surface area contributed by atoms with Crippen LogP contribution in [-0.4, -0.2) is 21.8 Å². The molecule has 0 atom stereocenters. The second-order valence-electron chi connectivity index (χ2n) is 5.30. The average molecular weight is 375 g/mol. The number of hydrogen-bond acceptors (Lipinski definition) is 5. The summed E-state index contributed by atoms with van der Waals surface area (Å²) >= 11 is 7.30. The van der Waals surface area contributed by atoms with Gasteiger partial charge in [-0.25, -0.2) is 9.97 Å². The van der Waals surface area contributed by atoms with E-state index in [1.807, 2.05) is 13.0 Å². The second kappa shape index (κ2) is 7.58. The minimum Gasteiger partial charge on any atom is -0.322 e. The van der Waals surface area contributed by atoms with Crippen molar-refractivity contribution < 1.29 is 9.59 Å². The van der Waals surface area contributed by atoms with Gasteiger partial charge in [-0.15, -0.1) is 0 Å². The molecular formula is C17H15ClN4O2S. The lowest BCUT2D eigenvalue weighted by atomic mass is 10.2. The highest BCUT2D eigenvalue weighted by Crippen LogP contribution is 2.29. The van der Waals surface area contributed by atoms with Crippen molar-refractivity contribution >= 4 is 55.8 Å². The van der Waals surface area contributed by atoms with Gasteiger partial charge in [0.15, 0.2) is 5.13 Å². The van der Waals surface area contributed by atoms with E-state index < -0.39 is 0 Å². The number of nitrogens with one attached hydrogen (secondary N) is 2. The van der Waals surface area contributed by atoms with Gasteiger partial charge in [-0.05, 0) is 36.8 Å². The van der Waals surface area contributed by atoms with Gasteiger partial charge in [0.1, 0.15) is 5.15 Å². The maximum Gasteiger partial charge on any atom is 0.258 e. The van der Waals surface area contributed by atoms with Crippen LogP contribution in [0.5, 0.6) is 0 Å². The SMILES string of the molecule is CCCC(=O)Nc1nc2ccc(NC(=O)c3cccnc3Cl)cc2s1. The number of benzene rings is 1. The Morgan fingerprint density at radius 2 is 2.08 bits per heavy atom. The predicted octanol–water partition coefficient (Wildman–Crippen LogP) is 4.34. The number of carbonyl (C=O) groups is 2. The first-order valence-corrected chi connectivity index (χ1v) is 8.88. The Morgan fingerprint density at radius 1 is 1.24 bits per heavy atom. The Hall–Kier alpha value is -2.51. The fraction of sp³-hybridized carbons (Fsp3) is 0.176. The van der Waals surface area contributed by atoms with Crippen LogP contribution in [0, 0.1) is 0 Å². The van der Waals surface area contributed by atoms with Gasteiger partial charge >= 0.3 is 0 Å². The van der Waals surface area contributed by atoms with E-state index in [-0.39, 0.29) is 17.0 Å². The summed E-state index contributed by atoms with van der Waals surface area (Å²) in [4.78, 5) is 32.2. The number of hydrogen-bond donors (Lipinski definition) is 2. The van der Waals surface area contributed by atoms with Crippen LogP contribution in [0.3, 0.4) is 0 Å². The van der Waals surface area contributed by atoms with Crippen molar-refractivity contribution in [2.24, 2.45) is 0 Å². The van der Waals surface area contributed by atoms with Crippen molar-refractivity contribution in [1.82, 2.24) is 9.97 Å². The second-order valence-corrected chi connectivity index (χ2v) is 6.68. The first-order chi connectivity index (χ1) is 12.1. The predicted molar refractivity (Wildman–Crippen MR) is 100 cm³/mol. The summed E-state index contributed by atoms with van der Waals surface area (Å²) in [7, 11) is 0. The highest BCUT2D eigenvalue weighted by atomic mass is 35.5. The Morgan fingerprint density at radius 3 is 2.84 bits per heavy atom. The zero-order valence-corrected chi connectivity index (χ0v) is 14.9. The Kier molecular flexibility index (Phi) is 5.25. The van der Waals surface area contributed by atoms with Crippen LogP contribution in [0.1, 0.15) is 30.1 Å². The molecule has 0 aliphatic rings. The lowest BCUT2D eigenvalue weighted by molar-refractivity contribution is -0.116. The number of thiazole rings is 1. The van der Waals surface area contributed by atoms with E-state index in [1.54, 1.807) is 24.3 Å². The normalized spacial score (nSPS) is 10.6. The quantitative estimate of drug-likeness (QED) is 0.651. The van der Waals surface area contributed by atoms with E-state index >= 15 is 0 Å². The summed E-state index contributed by atoms with van der Waals surface area (Å²) in [5.74, 6) is -0.389. The minimum atomic E-state index is -0.335. The summed E-state index contributed by atoms with van der Waals surface area (Å²) in [6, 6.07) is 8.62. The molecule has 3 aromatic rings. The van der Waals surface area contributed by atoms with Crippen molar-refractivity contribution in [2.45, 2.75) is 19.8 Å². The van der Waals surface area contributed by atoms with Crippen molar-refractivity contribution in [2.75, 3.05) is 10.6 Å². The Bertz CT molecular complexity index is 941. The molecule has 2 amide bonds. The molecule has 128 valence electrons. The number of pyridine rings is 1. The molecule has 2 aromatic heterocycles. The number of anilines is 2. The lowest BCUT2D eigenvalue weighted by Crippen LogP contribution is -2.12. The molecule has 2 heterocycles. The number of amides is 2. The topological polar surface area (TPSA) is 84.0 Å². The molecule has 3 rings (SSSR count). The monoisotopic (exact) mass is 374 g/mol. The lowest BCUT2D eigenvalue weighted by Gasteiger charge is -2.05. The van der Waals surface area contributed by atoms with Crippen molar-refractivity contribution in [3.8, 4) is 0 Å². The first kappa shape index (κ1) is 17.3. The number of carbonyl (C=O) groups excluding carboxylic acids is 2. The molecule has 0 unspecified atom stereocenters. The third-order valence-electron chi connectivity index (χ3n) is 3.37. The maximum absolute atomic E-state index is 12.3. The fourth-order valence-corrected chi connectivity index (χ4v) is 3.34. The molecule has 6 nitrogen and oxygen atoms in total. The molecule has 0 bridgehead atoms. The van der Waals surface area contributed by atoms with Gasteiger partial charge in [0.25, 0.3) is 5.91 Å². The number of nitrogens with zero attached hydrogens (tertiary/aromatic N) is 2. The molecule has 0 saturated carbocycles. The third kappa shape index (κ3) is 4.12. The summed E-state index contributed by atoms with van der Waals surface area (Å²) in [6.07, 6.45) is 2.77. The molecule has 0 aliphatic carbocycles. The highest BCUT2D eigenvalue weighted by Gasteiger charge is 2.12. The summed E-state index contributed by atoms with van der Waals surface area (Å²) < 4.78 is 0.863. The van der Waals surface area contributed by atoms with Crippen LogP contribution >= 0.6 is 22.9 Å². The molecule has 0 saturated heterocycles. The fourth-order valence-electron chi connectivity index (χ4n) is 2.22. The number of aromatic nitrogens is 2. The smallest absolute Gasteiger partial charge is 0.258 e. The van der Waals surface area contributed by atoms with E-state index in [1.165, 1.54) is 17.5 Å². The molecule has 0 aliphatic heterocycles. The molecule has 0 fully saturated rings. The van der Waals surface area contributed by atoms with E-state index in [0.717, 1.165) is 16.6 Å². The van der Waals surface area contributed by atoms with Crippen molar-refractivity contribution in [3.05, 3.63) is 47.2 Å². The molecule has 0 spiro atoms. The van der Waals surface area contributed by atoms with Gasteiger partial charge in [-0.1, -0.05) is 29.9 Å². The number of rotatable bonds is 5. The van der Waals surface area contributed by atoms with Crippen LogP contribution in [0.25, 0.3) is 10.2 Å².